The number of H-pyrrole nitrogens is 1. The predicted octanol–water partition coefficient (Wildman–Crippen LogP) is 11.5. The number of anilines is 3. The van der Waals surface area contributed by atoms with Crippen molar-refractivity contribution in [3.63, 3.8) is 0 Å². The van der Waals surface area contributed by atoms with Gasteiger partial charge in [0.1, 0.15) is 22.9 Å². The summed E-state index contributed by atoms with van der Waals surface area (Å²) in [5.41, 5.74) is 16.9. The van der Waals surface area contributed by atoms with Crippen LogP contribution < -0.4 is 26.4 Å². The van der Waals surface area contributed by atoms with E-state index in [1.807, 2.05) is 230 Å². The van der Waals surface area contributed by atoms with E-state index in [1.54, 1.807) is 62.7 Å². The summed E-state index contributed by atoms with van der Waals surface area (Å²) < 4.78 is 7.89. The smallest absolute Gasteiger partial charge is 0.413 e. The third kappa shape index (κ3) is 20.8. The van der Waals surface area contributed by atoms with Crippen molar-refractivity contribution in [1.29, 1.82) is 0 Å². The SMILES string of the molecule is COC(=O)Nc1ncc(-c2cccc(C)n2)cn1.Cc1cccc(-c2ccc(=O)[nH]c2)n1.Cc1cccc(-c2ccc(N(C)C)nn2)n1.Cc1cccc(-c2ccc3nccn3c2)n1.Cc1cccc(-c2cnc(=O)n(C)c2)n1.Cc1cccc(-c2cnc(N(C)C)cn2)n1. The highest BCUT2D eigenvalue weighted by Crippen LogP contribution is 2.21. The van der Waals surface area contributed by atoms with Crippen molar-refractivity contribution in [1.82, 2.24) is 84.0 Å². The molecule has 0 fully saturated rings. The van der Waals surface area contributed by atoms with Crippen molar-refractivity contribution in [3.05, 3.63) is 263 Å². The molecule has 0 aromatic carbocycles. The van der Waals surface area contributed by atoms with Gasteiger partial charge in [-0.25, -0.2) is 39.5 Å². The number of fused-ring (bicyclic) bond motifs is 1. The number of rotatable bonds is 9. The van der Waals surface area contributed by atoms with Crippen LogP contribution in [0.1, 0.15) is 34.2 Å². The average molecular weight is 1270 g/mol. The maximum atomic E-state index is 11.1. The summed E-state index contributed by atoms with van der Waals surface area (Å²) in [5.74, 6) is 1.88. The summed E-state index contributed by atoms with van der Waals surface area (Å²) in [4.78, 5) is 90.4. The molecular weight excluding hydrogens is 1200 g/mol. The van der Waals surface area contributed by atoms with E-state index in [1.165, 1.54) is 17.7 Å². The van der Waals surface area contributed by atoms with Crippen LogP contribution in [0.3, 0.4) is 0 Å². The number of ether oxygens (including phenoxy) is 1. The van der Waals surface area contributed by atoms with Gasteiger partial charge in [-0.3, -0.25) is 40.0 Å². The van der Waals surface area contributed by atoms with Crippen molar-refractivity contribution >= 4 is 29.3 Å². The average Bonchev–Trinajstić information content (AvgIpc) is 1.92. The molecule has 2 N–H and O–H groups in total. The highest BCUT2D eigenvalue weighted by molar-refractivity contribution is 5.82. The van der Waals surface area contributed by atoms with Gasteiger partial charge >= 0.3 is 11.8 Å². The minimum absolute atomic E-state index is 0.0959. The molecule has 13 aromatic heterocycles. The number of aromatic nitrogens is 17. The monoisotopic (exact) mass is 1270 g/mol. The maximum Gasteiger partial charge on any atom is 0.413 e. The standard InChI is InChI=1S/C13H11N3.C12H12N4O2.2C12H14N4.C11H11N3O.C11H10N2O/c1-10-3-2-4-12(15-10)11-5-6-13-14-7-8-16(13)9-11;1-8-4-3-5-10(15-8)9-6-13-11(14-7-9)16-12(17)18-2;1-9-5-4-6-10(15-9)11-7-14-12(8-13-11)16(2)3;1-9-5-4-6-10(13-9)11-7-8-12(15-14-11)16(2)3;1-8-4-3-5-10(13-8)9-6-12-11(15)14(2)7-9;1-8-3-2-4-10(13-8)9-5-6-11(14)12-7-9/h2-9H,1H3;3-7H,1-2H3,(H,13,14,16,17);2*4-8H,1-3H3;3-7H,1-2H3;2-7H,1H3,(H,12,14). The zero-order valence-electron chi connectivity index (χ0n) is 54.8. The lowest BCUT2D eigenvalue weighted by molar-refractivity contribution is 0.186. The number of nitrogens with one attached hydrogen (secondary N) is 2. The molecule has 0 aliphatic rings. The summed E-state index contributed by atoms with van der Waals surface area (Å²) in [6.45, 7) is 11.7. The number of aryl methyl sites for hydroxylation is 7. The molecule has 0 unspecified atom stereocenters. The molecule has 480 valence electrons. The zero-order chi connectivity index (χ0) is 67.8. The van der Waals surface area contributed by atoms with Gasteiger partial charge in [0.2, 0.25) is 11.5 Å². The first-order chi connectivity index (χ1) is 45.8. The van der Waals surface area contributed by atoms with Crippen molar-refractivity contribution in [3.8, 4) is 67.8 Å². The Morgan fingerprint density at radius 1 is 0.442 bits per heavy atom. The number of imidazole rings is 1. The number of pyridine rings is 8. The molecule has 13 aromatic rings. The Kier molecular flexibility index (Phi) is 24.2. The van der Waals surface area contributed by atoms with E-state index >= 15 is 0 Å². The molecule has 0 bridgehead atoms. The van der Waals surface area contributed by atoms with Crippen LogP contribution >= 0.6 is 0 Å². The number of amides is 1. The number of hydrogen-bond donors (Lipinski definition) is 2. The molecule has 0 saturated heterocycles. The van der Waals surface area contributed by atoms with E-state index < -0.39 is 6.09 Å². The van der Waals surface area contributed by atoms with E-state index in [0.29, 0.717) is 0 Å². The lowest BCUT2D eigenvalue weighted by Gasteiger charge is -2.10. The Morgan fingerprint density at radius 3 is 1.39 bits per heavy atom. The number of hydrogen-bond acceptors (Lipinski definition) is 20. The Morgan fingerprint density at radius 2 is 0.926 bits per heavy atom. The van der Waals surface area contributed by atoms with Crippen LogP contribution in [0, 0.1) is 41.5 Å². The summed E-state index contributed by atoms with van der Waals surface area (Å²) in [5, 5.41) is 10.7. The minimum atomic E-state index is -0.601. The quantitative estimate of drug-likeness (QED) is 0.136. The second-order valence-electron chi connectivity index (χ2n) is 21.5. The second-order valence-corrected chi connectivity index (χ2v) is 21.5. The van der Waals surface area contributed by atoms with Crippen LogP contribution in [0.5, 0.6) is 0 Å². The summed E-state index contributed by atoms with van der Waals surface area (Å²) in [6.07, 6.45) is 16.8. The third-order valence-electron chi connectivity index (χ3n) is 13.4. The third-order valence-corrected chi connectivity index (χ3v) is 13.4. The summed E-state index contributed by atoms with van der Waals surface area (Å²) in [7, 11) is 10.7. The first-order valence-electron chi connectivity index (χ1n) is 29.7. The molecule has 0 radical (unpaired) electrons. The number of carbonyl (C=O) groups excluding carboxylic acids is 1. The van der Waals surface area contributed by atoms with Crippen molar-refractivity contribution in [2.75, 3.05) is 50.4 Å². The number of nitrogens with zero attached hydrogens (tertiary/aromatic N) is 18. The van der Waals surface area contributed by atoms with Gasteiger partial charge in [0.05, 0.1) is 53.7 Å². The molecular formula is C71H72N20O4. The lowest BCUT2D eigenvalue weighted by Crippen LogP contribution is -2.18. The molecule has 1 amide bonds. The maximum absolute atomic E-state index is 11.1. The Labute approximate surface area is 549 Å². The zero-order valence-corrected chi connectivity index (χ0v) is 54.8. The number of aromatic amines is 1. The number of carbonyl (C=O) groups is 1. The minimum Gasteiger partial charge on any atom is -0.453 e. The van der Waals surface area contributed by atoms with Gasteiger partial charge in [-0.1, -0.05) is 36.4 Å². The van der Waals surface area contributed by atoms with Crippen LogP contribution in [0.2, 0.25) is 0 Å². The second kappa shape index (κ2) is 33.6. The molecule has 13 heterocycles. The Hall–Kier alpha value is -12.5. The van der Waals surface area contributed by atoms with Crippen LogP contribution in [0.15, 0.2) is 217 Å². The first kappa shape index (κ1) is 68.4. The van der Waals surface area contributed by atoms with Gasteiger partial charge in [-0.15, -0.1) is 10.2 Å². The fourth-order valence-corrected chi connectivity index (χ4v) is 8.53. The van der Waals surface area contributed by atoms with Crippen molar-refractivity contribution < 1.29 is 9.53 Å². The van der Waals surface area contributed by atoms with Gasteiger partial charge in [-0.2, -0.15) is 0 Å². The van der Waals surface area contributed by atoms with Gasteiger partial charge in [0.15, 0.2) is 5.82 Å². The molecule has 0 aliphatic carbocycles. The predicted molar refractivity (Wildman–Crippen MR) is 370 cm³/mol. The van der Waals surface area contributed by atoms with Crippen molar-refractivity contribution in [2.45, 2.75) is 41.5 Å². The highest BCUT2D eigenvalue weighted by Gasteiger charge is 2.09. The van der Waals surface area contributed by atoms with Gasteiger partial charge in [-0.05, 0) is 145 Å². The van der Waals surface area contributed by atoms with E-state index in [9.17, 15) is 14.4 Å². The topological polar surface area (TPSA) is 285 Å². The molecule has 0 spiro atoms. The lowest BCUT2D eigenvalue weighted by atomic mass is 10.2. The van der Waals surface area contributed by atoms with E-state index in [-0.39, 0.29) is 17.2 Å². The molecule has 0 aliphatic heterocycles. The molecule has 0 saturated carbocycles. The van der Waals surface area contributed by atoms with Gasteiger partial charge < -0.3 is 28.5 Å². The van der Waals surface area contributed by atoms with E-state index in [4.69, 9.17) is 0 Å². The largest absolute Gasteiger partial charge is 0.453 e. The normalized spacial score (nSPS) is 10.2. The summed E-state index contributed by atoms with van der Waals surface area (Å²) in [6, 6.07) is 46.2. The van der Waals surface area contributed by atoms with Crippen LogP contribution in [-0.2, 0) is 11.8 Å². The van der Waals surface area contributed by atoms with E-state index in [0.717, 1.165) is 119 Å². The fraction of sp³-hybridized carbons (Fsp3) is 0.169. The van der Waals surface area contributed by atoms with Gasteiger partial charge in [0.25, 0.3) is 0 Å². The first-order valence-corrected chi connectivity index (χ1v) is 29.7. The Balaban J connectivity index is 0.000000146. The Bertz CT molecular complexity index is 4640. The molecule has 24 heteroatoms. The van der Waals surface area contributed by atoms with Crippen LogP contribution in [0.25, 0.3) is 73.5 Å². The van der Waals surface area contributed by atoms with E-state index in [2.05, 4.69) is 85.0 Å². The number of methoxy groups -OCH3 is 1. The molecule has 24 nitrogen and oxygen atoms in total. The molecule has 13 rings (SSSR count). The van der Waals surface area contributed by atoms with Crippen LogP contribution in [-0.4, -0.2) is 125 Å². The van der Waals surface area contributed by atoms with Crippen LogP contribution in [0.4, 0.5) is 22.4 Å². The fourth-order valence-electron chi connectivity index (χ4n) is 8.53. The van der Waals surface area contributed by atoms with Gasteiger partial charge in [0, 0.05) is 147 Å². The summed E-state index contributed by atoms with van der Waals surface area (Å²) >= 11 is 0. The van der Waals surface area contributed by atoms with Crippen molar-refractivity contribution in [2.24, 2.45) is 7.05 Å². The molecule has 0 atom stereocenters. The highest BCUT2D eigenvalue weighted by atomic mass is 16.5. The molecule has 95 heavy (non-hydrogen) atoms.